The van der Waals surface area contributed by atoms with Crippen LogP contribution in [0, 0.1) is 0 Å². The van der Waals surface area contributed by atoms with Crippen molar-refractivity contribution in [1.82, 2.24) is 10.1 Å². The van der Waals surface area contributed by atoms with Crippen LogP contribution in [0.4, 0.5) is 0 Å². The van der Waals surface area contributed by atoms with Crippen LogP contribution >= 0.6 is 0 Å². The van der Waals surface area contributed by atoms with E-state index >= 15 is 0 Å². The first-order chi connectivity index (χ1) is 8.25. The standard InChI is InChI=1S/C12H12N2O3/c15-9-6-2-5-8(10(9)16)12-13-11(14-17-12)7-3-1-4-7/h2,5-7,15-16H,1,3-4H2. The highest BCUT2D eigenvalue weighted by Crippen LogP contribution is 2.38. The van der Waals surface area contributed by atoms with Gasteiger partial charge in [0.25, 0.3) is 5.89 Å². The van der Waals surface area contributed by atoms with Gasteiger partial charge in [-0.1, -0.05) is 17.6 Å². The van der Waals surface area contributed by atoms with Crippen LogP contribution in [0.5, 0.6) is 11.5 Å². The molecule has 0 atom stereocenters. The molecule has 5 nitrogen and oxygen atoms in total. The Hall–Kier alpha value is -2.04. The Kier molecular flexibility index (Phi) is 2.24. The molecule has 0 radical (unpaired) electrons. The van der Waals surface area contributed by atoms with E-state index in [0.717, 1.165) is 12.8 Å². The van der Waals surface area contributed by atoms with Crippen molar-refractivity contribution < 1.29 is 14.7 Å². The summed E-state index contributed by atoms with van der Waals surface area (Å²) in [5.74, 6) is 0.906. The van der Waals surface area contributed by atoms with Crippen molar-refractivity contribution in [2.75, 3.05) is 0 Å². The van der Waals surface area contributed by atoms with Crippen molar-refractivity contribution >= 4 is 0 Å². The molecule has 2 N–H and O–H groups in total. The molecule has 88 valence electrons. The molecule has 3 rings (SSSR count). The van der Waals surface area contributed by atoms with E-state index in [0.29, 0.717) is 17.3 Å². The topological polar surface area (TPSA) is 79.4 Å². The maximum atomic E-state index is 9.69. The minimum absolute atomic E-state index is 0.189. The number of hydrogen-bond donors (Lipinski definition) is 2. The van der Waals surface area contributed by atoms with Gasteiger partial charge in [0.15, 0.2) is 17.3 Å². The van der Waals surface area contributed by atoms with Crippen LogP contribution in [0.1, 0.15) is 31.0 Å². The highest BCUT2D eigenvalue weighted by atomic mass is 16.5. The first kappa shape index (κ1) is 10.1. The van der Waals surface area contributed by atoms with Crippen molar-refractivity contribution in [3.05, 3.63) is 24.0 Å². The van der Waals surface area contributed by atoms with Gasteiger partial charge in [0, 0.05) is 5.92 Å². The maximum absolute atomic E-state index is 9.69. The molecule has 0 saturated heterocycles. The molecule has 0 bridgehead atoms. The number of para-hydroxylation sites is 1. The summed E-state index contributed by atoms with van der Waals surface area (Å²) in [7, 11) is 0. The predicted octanol–water partition coefficient (Wildman–Crippen LogP) is 2.42. The number of hydrogen-bond acceptors (Lipinski definition) is 5. The van der Waals surface area contributed by atoms with Gasteiger partial charge in [-0.15, -0.1) is 0 Å². The summed E-state index contributed by atoms with van der Waals surface area (Å²) in [6, 6.07) is 4.66. The zero-order chi connectivity index (χ0) is 11.8. The van der Waals surface area contributed by atoms with Gasteiger partial charge in [0.05, 0.1) is 5.56 Å². The molecule has 0 aliphatic heterocycles. The van der Waals surface area contributed by atoms with E-state index in [-0.39, 0.29) is 17.4 Å². The minimum Gasteiger partial charge on any atom is -0.504 e. The van der Waals surface area contributed by atoms with Crippen molar-refractivity contribution in [3.8, 4) is 23.0 Å². The second-order valence-electron chi connectivity index (χ2n) is 4.26. The molecule has 1 heterocycles. The van der Waals surface area contributed by atoms with E-state index in [1.165, 1.54) is 12.5 Å². The molecule has 2 aromatic rings. The largest absolute Gasteiger partial charge is 0.504 e. The molecule has 0 spiro atoms. The van der Waals surface area contributed by atoms with Gasteiger partial charge in [0.2, 0.25) is 0 Å². The van der Waals surface area contributed by atoms with Gasteiger partial charge in [-0.2, -0.15) is 4.98 Å². The molecule has 1 saturated carbocycles. The van der Waals surface area contributed by atoms with Gasteiger partial charge in [-0.25, -0.2) is 0 Å². The average Bonchev–Trinajstić information content (AvgIpc) is 2.68. The molecule has 1 aromatic carbocycles. The second-order valence-corrected chi connectivity index (χ2v) is 4.26. The smallest absolute Gasteiger partial charge is 0.261 e. The number of phenols is 2. The van der Waals surface area contributed by atoms with Crippen molar-refractivity contribution in [3.63, 3.8) is 0 Å². The van der Waals surface area contributed by atoms with Crippen molar-refractivity contribution in [2.24, 2.45) is 0 Å². The lowest BCUT2D eigenvalue weighted by Crippen LogP contribution is -2.10. The Labute approximate surface area is 97.7 Å². The van der Waals surface area contributed by atoms with Gasteiger partial charge in [0.1, 0.15) is 0 Å². The third-order valence-electron chi connectivity index (χ3n) is 3.16. The van der Waals surface area contributed by atoms with Crippen LogP contribution in [0.25, 0.3) is 11.5 Å². The summed E-state index contributed by atoms with van der Waals surface area (Å²) < 4.78 is 5.11. The molecular formula is C12H12N2O3. The van der Waals surface area contributed by atoms with E-state index in [2.05, 4.69) is 10.1 Å². The molecule has 1 aliphatic rings. The van der Waals surface area contributed by atoms with Crippen LogP contribution in [-0.4, -0.2) is 20.4 Å². The Morgan fingerprint density at radius 1 is 1.24 bits per heavy atom. The second kappa shape index (κ2) is 3.76. The van der Waals surface area contributed by atoms with E-state index in [4.69, 9.17) is 4.52 Å². The first-order valence-electron chi connectivity index (χ1n) is 5.60. The summed E-state index contributed by atoms with van der Waals surface area (Å²) in [6.45, 7) is 0. The Balaban J connectivity index is 1.97. The van der Waals surface area contributed by atoms with Gasteiger partial charge in [-0.3, -0.25) is 0 Å². The molecule has 17 heavy (non-hydrogen) atoms. The van der Waals surface area contributed by atoms with Gasteiger partial charge < -0.3 is 14.7 Å². The zero-order valence-electron chi connectivity index (χ0n) is 9.13. The monoisotopic (exact) mass is 232 g/mol. The summed E-state index contributed by atoms with van der Waals surface area (Å²) in [4.78, 5) is 4.26. The fraction of sp³-hybridized carbons (Fsp3) is 0.333. The van der Waals surface area contributed by atoms with Crippen LogP contribution in [0.3, 0.4) is 0 Å². The summed E-state index contributed by atoms with van der Waals surface area (Å²) in [6.07, 6.45) is 3.38. The highest BCUT2D eigenvalue weighted by molar-refractivity contribution is 5.66. The normalized spacial score (nSPS) is 15.8. The van der Waals surface area contributed by atoms with E-state index < -0.39 is 0 Å². The molecule has 5 heteroatoms. The van der Waals surface area contributed by atoms with E-state index in [1.807, 2.05) is 0 Å². The Bertz CT molecular complexity index is 546. The molecule has 1 fully saturated rings. The lowest BCUT2D eigenvalue weighted by Gasteiger charge is -2.20. The lowest BCUT2D eigenvalue weighted by molar-refractivity contribution is 0.364. The maximum Gasteiger partial charge on any atom is 0.261 e. The van der Waals surface area contributed by atoms with Crippen molar-refractivity contribution in [1.29, 1.82) is 0 Å². The average molecular weight is 232 g/mol. The number of aromatic nitrogens is 2. The van der Waals surface area contributed by atoms with Crippen LogP contribution in [0.15, 0.2) is 22.7 Å². The summed E-state index contributed by atoms with van der Waals surface area (Å²) in [5.41, 5.74) is 0.364. The molecule has 1 aliphatic carbocycles. The zero-order valence-corrected chi connectivity index (χ0v) is 9.13. The Morgan fingerprint density at radius 3 is 2.76 bits per heavy atom. The van der Waals surface area contributed by atoms with Gasteiger partial charge >= 0.3 is 0 Å². The number of nitrogens with zero attached hydrogens (tertiary/aromatic N) is 2. The van der Waals surface area contributed by atoms with Crippen LogP contribution in [-0.2, 0) is 0 Å². The predicted molar refractivity (Wildman–Crippen MR) is 59.7 cm³/mol. The van der Waals surface area contributed by atoms with E-state index in [1.54, 1.807) is 12.1 Å². The summed E-state index contributed by atoms with van der Waals surface area (Å²) in [5, 5.41) is 23.0. The molecule has 0 amide bonds. The number of phenolic OH excluding ortho intramolecular Hbond substituents is 2. The number of rotatable bonds is 2. The number of benzene rings is 1. The quantitative estimate of drug-likeness (QED) is 0.777. The highest BCUT2D eigenvalue weighted by Gasteiger charge is 2.25. The van der Waals surface area contributed by atoms with Crippen LogP contribution in [0.2, 0.25) is 0 Å². The summed E-state index contributed by atoms with van der Waals surface area (Å²) >= 11 is 0. The molecule has 0 unspecified atom stereocenters. The Morgan fingerprint density at radius 2 is 2.06 bits per heavy atom. The van der Waals surface area contributed by atoms with Crippen LogP contribution < -0.4 is 0 Å². The lowest BCUT2D eigenvalue weighted by atomic mass is 9.85. The van der Waals surface area contributed by atoms with E-state index in [9.17, 15) is 10.2 Å². The SMILES string of the molecule is Oc1cccc(-c2nc(C3CCC3)no2)c1O. The van der Waals surface area contributed by atoms with Crippen molar-refractivity contribution in [2.45, 2.75) is 25.2 Å². The molecule has 1 aromatic heterocycles. The van der Waals surface area contributed by atoms with Gasteiger partial charge in [-0.05, 0) is 25.0 Å². The number of aromatic hydroxyl groups is 2. The fourth-order valence-corrected chi connectivity index (χ4v) is 1.88. The third kappa shape index (κ3) is 1.63. The molecular weight excluding hydrogens is 220 g/mol. The third-order valence-corrected chi connectivity index (χ3v) is 3.16. The fourth-order valence-electron chi connectivity index (χ4n) is 1.88. The first-order valence-corrected chi connectivity index (χ1v) is 5.60. The minimum atomic E-state index is -0.226.